The van der Waals surface area contributed by atoms with Crippen LogP contribution in [0.25, 0.3) is 0 Å². The normalized spacial score (nSPS) is 20.3. The Labute approximate surface area is 298 Å². The molecule has 1 amide bonds. The number of aromatic nitrogens is 2. The quantitative estimate of drug-likeness (QED) is 0.103. The third kappa shape index (κ3) is 15.8. The van der Waals surface area contributed by atoms with E-state index < -0.39 is 63.8 Å². The van der Waals surface area contributed by atoms with Crippen LogP contribution in [0.1, 0.15) is 63.7 Å². The largest absolute Gasteiger partial charge is 0.389 e. The first-order valence-electron chi connectivity index (χ1n) is 16.7. The molecule has 0 aliphatic carbocycles. The van der Waals surface area contributed by atoms with E-state index in [1.54, 1.807) is 12.1 Å². The van der Waals surface area contributed by atoms with Crippen LogP contribution in [0.2, 0.25) is 0 Å². The molecule has 292 valence electrons. The third-order valence-corrected chi connectivity index (χ3v) is 11.4. The van der Waals surface area contributed by atoms with Gasteiger partial charge in [0.15, 0.2) is 17.6 Å². The van der Waals surface area contributed by atoms with E-state index in [4.69, 9.17) is 25.1 Å². The van der Waals surface area contributed by atoms with Crippen molar-refractivity contribution in [1.82, 2.24) is 18.9 Å². The smallest absolute Gasteiger partial charge is 0.340 e. The third-order valence-electron chi connectivity index (χ3n) is 7.96. The highest BCUT2D eigenvalue weighted by atomic mass is 31.2. The topological polar surface area (TPSA) is 252 Å². The van der Waals surface area contributed by atoms with Crippen molar-refractivity contribution in [2.24, 2.45) is 17.9 Å². The molecule has 1 aromatic carbocycles. The summed E-state index contributed by atoms with van der Waals surface area (Å²) in [6, 6.07) is 7.67. The van der Waals surface area contributed by atoms with Crippen molar-refractivity contribution in [2.75, 3.05) is 51.8 Å². The fraction of sp³-hybridized carbons (Fsp3) is 0.645. The van der Waals surface area contributed by atoms with Gasteiger partial charge in [0.1, 0.15) is 24.9 Å². The molecule has 1 unspecified atom stereocenters. The minimum Gasteiger partial charge on any atom is -0.389 e. The molecule has 0 bridgehead atoms. The minimum atomic E-state index is -4.86. The van der Waals surface area contributed by atoms with Gasteiger partial charge < -0.3 is 54.5 Å². The van der Waals surface area contributed by atoms with Gasteiger partial charge in [0.05, 0.1) is 6.61 Å². The zero-order valence-corrected chi connectivity index (χ0v) is 32.2. The first-order chi connectivity index (χ1) is 23.9. The number of carbonyl (C=O) groups excluding carboxylic acids is 1. The molecule has 0 radical (unpaired) electrons. The summed E-state index contributed by atoms with van der Waals surface area (Å²) in [7, 11) is -8.22. The number of benzene rings is 1. The van der Waals surface area contributed by atoms with Crippen molar-refractivity contribution in [3.05, 3.63) is 63.6 Å². The highest BCUT2D eigenvalue weighted by Gasteiger charge is 2.45. The summed E-state index contributed by atoms with van der Waals surface area (Å²) in [5, 5.41) is 24.5. The fourth-order valence-electron chi connectivity index (χ4n) is 4.72. The molecule has 20 heteroatoms. The minimum absolute atomic E-state index is 0.0250. The van der Waals surface area contributed by atoms with Gasteiger partial charge in [-0.05, 0) is 57.0 Å². The Morgan fingerprint density at radius 2 is 1.41 bits per heavy atom. The number of primary amides is 1. The predicted octanol–water partition coefficient (Wildman–Crippen LogP) is 0.971. The van der Waals surface area contributed by atoms with Crippen molar-refractivity contribution in [3.8, 4) is 0 Å². The first kappa shape index (κ1) is 46.3. The van der Waals surface area contributed by atoms with Gasteiger partial charge in [0, 0.05) is 24.9 Å². The van der Waals surface area contributed by atoms with E-state index >= 15 is 0 Å². The second kappa shape index (κ2) is 22.4. The van der Waals surface area contributed by atoms with Crippen LogP contribution in [0.4, 0.5) is 0 Å². The number of carbonyl (C=O) groups is 1. The predicted molar refractivity (Wildman–Crippen MR) is 191 cm³/mol. The lowest BCUT2D eigenvalue weighted by atomic mass is 10.1. The summed E-state index contributed by atoms with van der Waals surface area (Å²) in [6.07, 6.45) is -4.87. The van der Waals surface area contributed by atoms with Crippen LogP contribution in [0.3, 0.4) is 0 Å². The Morgan fingerprint density at radius 3 is 1.84 bits per heavy atom. The van der Waals surface area contributed by atoms with E-state index in [0.717, 1.165) is 9.13 Å². The molecule has 1 aliphatic rings. The number of rotatable bonds is 16. The molecular formula is C31H56N6O12P2. The van der Waals surface area contributed by atoms with Gasteiger partial charge in [-0.3, -0.25) is 23.1 Å². The van der Waals surface area contributed by atoms with E-state index in [1.807, 2.05) is 0 Å². The highest BCUT2D eigenvalue weighted by molar-refractivity contribution is 7.70. The summed E-state index contributed by atoms with van der Waals surface area (Å²) >= 11 is 0. The Hall–Kier alpha value is -2.73. The molecule has 51 heavy (non-hydrogen) atoms. The van der Waals surface area contributed by atoms with Crippen molar-refractivity contribution in [3.63, 3.8) is 0 Å². The molecule has 1 fully saturated rings. The Bertz CT molecular complexity index is 1530. The van der Waals surface area contributed by atoms with Gasteiger partial charge in [-0.1, -0.05) is 58.8 Å². The number of nitrogens with zero attached hydrogens (tertiary/aromatic N) is 5. The SMILES string of the molecule is CCN(CC)CC.CCN(CC)CC.Cn1c(=O)n([C@@H]2O[C@H](COP(=O)(O)CP(=O)(O)O)[C@@H](O)[C@H]2O)cc/c1=N/OCc1ccc(C(N)=O)cc1. The Morgan fingerprint density at radius 1 is 0.902 bits per heavy atom. The number of ether oxygens (including phenoxy) is 1. The Balaban J connectivity index is 0.000000780. The summed E-state index contributed by atoms with van der Waals surface area (Å²) in [5.41, 5.74) is 5.58. The average Bonchev–Trinajstić information content (AvgIpc) is 3.36. The number of hydrogen-bond acceptors (Lipinski definition) is 12. The molecule has 7 N–H and O–H groups in total. The monoisotopic (exact) mass is 766 g/mol. The summed E-state index contributed by atoms with van der Waals surface area (Å²) in [5.74, 6) is -2.00. The van der Waals surface area contributed by atoms with Crippen LogP contribution in [0.15, 0.2) is 46.5 Å². The van der Waals surface area contributed by atoms with E-state index in [-0.39, 0.29) is 12.1 Å². The zero-order chi connectivity index (χ0) is 38.9. The maximum absolute atomic E-state index is 12.8. The van der Waals surface area contributed by atoms with Crippen LogP contribution in [-0.2, 0) is 36.9 Å². The lowest BCUT2D eigenvalue weighted by molar-refractivity contribution is -0.0530. The van der Waals surface area contributed by atoms with Gasteiger partial charge >= 0.3 is 20.9 Å². The molecule has 18 nitrogen and oxygen atoms in total. The van der Waals surface area contributed by atoms with Gasteiger partial charge in [0.25, 0.3) is 0 Å². The molecule has 1 aliphatic heterocycles. The van der Waals surface area contributed by atoms with Crippen LogP contribution in [0, 0.1) is 0 Å². The van der Waals surface area contributed by atoms with Gasteiger partial charge in [-0.25, -0.2) is 4.79 Å². The van der Waals surface area contributed by atoms with E-state index in [1.165, 1.54) is 70.7 Å². The van der Waals surface area contributed by atoms with Crippen molar-refractivity contribution in [1.29, 1.82) is 0 Å². The summed E-state index contributed by atoms with van der Waals surface area (Å²) in [6.45, 7) is 19.5. The first-order valence-corrected chi connectivity index (χ1v) is 20.2. The van der Waals surface area contributed by atoms with Crippen molar-refractivity contribution in [2.45, 2.75) is 72.7 Å². The van der Waals surface area contributed by atoms with Crippen LogP contribution >= 0.6 is 15.2 Å². The van der Waals surface area contributed by atoms with Gasteiger partial charge in [-0.15, -0.1) is 0 Å². The zero-order valence-electron chi connectivity index (χ0n) is 30.4. The average molecular weight is 767 g/mol. The molecule has 2 heterocycles. The standard InChI is InChI=1S/C19H26N4O12P2.2C6H15N/c1-22-14(21-33-8-11-2-4-12(5-3-11)17(20)26)6-7-23(19(22)27)18-16(25)15(24)13(35-18)9-34-37(31,32)10-36(28,29)30;2*1-4-7(5-2)6-3/h2-7,13,15-16,18,24-25H,8-10H2,1H3,(H2,20,26)(H,31,32)(H2,28,29,30);2*4-6H2,1-3H3/b21-14-;;/t13-,15-,16-,18-;;/m1../s1. The van der Waals surface area contributed by atoms with Gasteiger partial charge in [0.2, 0.25) is 5.91 Å². The molecule has 5 atom stereocenters. The fourth-order valence-corrected chi connectivity index (χ4v) is 7.29. The lowest BCUT2D eigenvalue weighted by Gasteiger charge is -2.19. The maximum Gasteiger partial charge on any atom is 0.340 e. The van der Waals surface area contributed by atoms with Gasteiger partial charge in [-0.2, -0.15) is 0 Å². The van der Waals surface area contributed by atoms with Crippen molar-refractivity contribution >= 4 is 21.1 Å². The second-order valence-electron chi connectivity index (χ2n) is 11.4. The van der Waals surface area contributed by atoms with E-state index in [2.05, 4.69) is 61.0 Å². The molecule has 0 saturated carbocycles. The molecule has 2 aromatic rings. The number of aliphatic hydroxyl groups excluding tert-OH is 2. The number of amides is 1. The Kier molecular flexibility index (Phi) is 20.3. The molecule has 3 rings (SSSR count). The second-order valence-corrected chi connectivity index (χ2v) is 15.4. The summed E-state index contributed by atoms with van der Waals surface area (Å²) in [4.78, 5) is 61.3. The van der Waals surface area contributed by atoms with Crippen LogP contribution < -0.4 is 16.9 Å². The van der Waals surface area contributed by atoms with Crippen LogP contribution in [-0.4, -0.2) is 120 Å². The molecule has 0 spiro atoms. The number of hydrogen-bond donors (Lipinski definition) is 6. The van der Waals surface area contributed by atoms with E-state index in [9.17, 15) is 33.8 Å². The molecular weight excluding hydrogens is 710 g/mol. The highest BCUT2D eigenvalue weighted by Crippen LogP contribution is 2.55. The van der Waals surface area contributed by atoms with Crippen LogP contribution in [0.5, 0.6) is 0 Å². The number of aliphatic hydroxyl groups is 2. The van der Waals surface area contributed by atoms with Crippen molar-refractivity contribution < 1.29 is 52.9 Å². The molecule has 1 saturated heterocycles. The summed E-state index contributed by atoms with van der Waals surface area (Å²) < 4.78 is 34.9. The lowest BCUT2D eigenvalue weighted by Crippen LogP contribution is -2.42. The molecule has 1 aromatic heterocycles. The van der Waals surface area contributed by atoms with E-state index in [0.29, 0.717) is 11.1 Å². The maximum atomic E-state index is 12.8. The number of nitrogens with two attached hydrogens (primary N) is 1.